The lowest BCUT2D eigenvalue weighted by atomic mass is 9.99. The van der Waals surface area contributed by atoms with Crippen LogP contribution in [0.15, 0.2) is 0 Å². The van der Waals surface area contributed by atoms with Crippen LogP contribution in [-0.2, 0) is 14.2 Å². The van der Waals surface area contributed by atoms with Crippen LogP contribution < -0.4 is 0 Å². The van der Waals surface area contributed by atoms with E-state index in [1.54, 1.807) is 0 Å². The van der Waals surface area contributed by atoms with Crippen LogP contribution in [0.5, 0.6) is 0 Å². The smallest absolute Gasteiger partial charge is 0.184 e. The number of aliphatic hydroxyl groups excluding tert-OH is 3. The summed E-state index contributed by atoms with van der Waals surface area (Å²) in [5.74, 6) is 0. The van der Waals surface area contributed by atoms with E-state index in [1.807, 2.05) is 0 Å². The van der Waals surface area contributed by atoms with E-state index >= 15 is 0 Å². The lowest BCUT2D eigenvalue weighted by molar-refractivity contribution is -0.295. The average molecular weight is 208 g/mol. The van der Waals surface area contributed by atoms with Crippen molar-refractivity contribution < 1.29 is 29.5 Å². The molecule has 3 N–H and O–H groups in total. The molecular formula is C8H16O6. The summed E-state index contributed by atoms with van der Waals surface area (Å²) < 4.78 is 14.8. The molecule has 0 unspecified atom stereocenters. The fourth-order valence-electron chi connectivity index (χ4n) is 1.58. The second kappa shape index (κ2) is 5.01. The Balaban J connectivity index is 2.73. The third-order valence-corrected chi connectivity index (χ3v) is 2.36. The van der Waals surface area contributed by atoms with E-state index in [1.165, 1.54) is 14.2 Å². The van der Waals surface area contributed by atoms with Crippen molar-refractivity contribution in [3.63, 3.8) is 0 Å². The van der Waals surface area contributed by atoms with Gasteiger partial charge in [-0.25, -0.2) is 0 Å². The molecule has 14 heavy (non-hydrogen) atoms. The second-order valence-electron chi connectivity index (χ2n) is 3.14. The molecule has 5 atom stereocenters. The van der Waals surface area contributed by atoms with Crippen molar-refractivity contribution in [2.24, 2.45) is 0 Å². The SMILES string of the molecule is CO[C@@H]1[C@@H](O)[C@H](CO)O[C@@H](O)[C@H]1OC. The molecule has 1 aliphatic heterocycles. The molecule has 0 saturated carbocycles. The lowest BCUT2D eigenvalue weighted by Gasteiger charge is -2.40. The van der Waals surface area contributed by atoms with Crippen molar-refractivity contribution in [3.05, 3.63) is 0 Å². The standard InChI is InChI=1S/C8H16O6/c1-12-6-5(10)4(3-9)14-8(11)7(6)13-2/h4-11H,3H2,1-2H3/t4-,5-,6+,7-,8+/m0/s1. The number of aliphatic hydroxyl groups is 3. The van der Waals surface area contributed by atoms with Crippen LogP contribution in [0.2, 0.25) is 0 Å². The molecule has 1 fully saturated rings. The average Bonchev–Trinajstić information content (AvgIpc) is 2.20. The predicted octanol–water partition coefficient (Wildman–Crippen LogP) is -1.91. The minimum atomic E-state index is -1.20. The zero-order chi connectivity index (χ0) is 10.7. The van der Waals surface area contributed by atoms with E-state index in [0.29, 0.717) is 0 Å². The van der Waals surface area contributed by atoms with E-state index in [0.717, 1.165) is 0 Å². The third kappa shape index (κ3) is 2.05. The van der Waals surface area contributed by atoms with E-state index in [4.69, 9.17) is 19.3 Å². The maximum atomic E-state index is 9.65. The molecule has 0 aliphatic carbocycles. The minimum absolute atomic E-state index is 0.380. The number of methoxy groups -OCH3 is 2. The van der Waals surface area contributed by atoms with Gasteiger partial charge in [0.2, 0.25) is 0 Å². The number of ether oxygens (including phenoxy) is 3. The van der Waals surface area contributed by atoms with Crippen molar-refractivity contribution in [1.29, 1.82) is 0 Å². The molecule has 1 saturated heterocycles. The Morgan fingerprint density at radius 3 is 2.14 bits per heavy atom. The molecule has 0 aromatic heterocycles. The monoisotopic (exact) mass is 208 g/mol. The quantitative estimate of drug-likeness (QED) is 0.501. The van der Waals surface area contributed by atoms with Gasteiger partial charge in [-0.1, -0.05) is 0 Å². The van der Waals surface area contributed by atoms with Crippen molar-refractivity contribution in [2.45, 2.75) is 30.7 Å². The van der Waals surface area contributed by atoms with Crippen LogP contribution in [0.25, 0.3) is 0 Å². The summed E-state index contributed by atoms with van der Waals surface area (Å²) >= 11 is 0. The Hall–Kier alpha value is -0.240. The van der Waals surface area contributed by atoms with Crippen molar-refractivity contribution in [1.82, 2.24) is 0 Å². The Labute approximate surface area is 82.0 Å². The summed E-state index contributed by atoms with van der Waals surface area (Å²) in [4.78, 5) is 0. The van der Waals surface area contributed by atoms with Crippen LogP contribution >= 0.6 is 0 Å². The summed E-state index contributed by atoms with van der Waals surface area (Å²) in [7, 11) is 2.78. The van der Waals surface area contributed by atoms with Gasteiger partial charge in [-0.15, -0.1) is 0 Å². The summed E-state index contributed by atoms with van der Waals surface area (Å²) in [6, 6.07) is 0. The first-order chi connectivity index (χ1) is 6.65. The number of rotatable bonds is 3. The Bertz CT molecular complexity index is 175. The van der Waals surface area contributed by atoms with Crippen LogP contribution in [0, 0.1) is 0 Å². The highest BCUT2D eigenvalue weighted by Crippen LogP contribution is 2.23. The van der Waals surface area contributed by atoms with E-state index in [2.05, 4.69) is 0 Å². The van der Waals surface area contributed by atoms with Gasteiger partial charge in [0.05, 0.1) is 6.61 Å². The molecule has 84 valence electrons. The molecular weight excluding hydrogens is 192 g/mol. The maximum Gasteiger partial charge on any atom is 0.184 e. The lowest BCUT2D eigenvalue weighted by Crippen LogP contribution is -2.59. The molecule has 1 heterocycles. The molecule has 6 heteroatoms. The van der Waals surface area contributed by atoms with Crippen LogP contribution in [-0.4, -0.2) is 66.9 Å². The van der Waals surface area contributed by atoms with Crippen molar-refractivity contribution in [3.8, 4) is 0 Å². The molecule has 0 spiro atoms. The summed E-state index contributed by atoms with van der Waals surface area (Å²) in [5.41, 5.74) is 0. The first-order valence-corrected chi connectivity index (χ1v) is 4.33. The largest absolute Gasteiger partial charge is 0.394 e. The third-order valence-electron chi connectivity index (χ3n) is 2.36. The maximum absolute atomic E-state index is 9.65. The fraction of sp³-hybridized carbons (Fsp3) is 1.00. The van der Waals surface area contributed by atoms with Gasteiger partial charge >= 0.3 is 0 Å². The number of hydrogen-bond donors (Lipinski definition) is 3. The highest BCUT2D eigenvalue weighted by atomic mass is 16.7. The molecule has 1 aliphatic rings. The molecule has 0 amide bonds. The predicted molar refractivity (Wildman–Crippen MR) is 45.6 cm³/mol. The van der Waals surface area contributed by atoms with Crippen LogP contribution in [0.4, 0.5) is 0 Å². The van der Waals surface area contributed by atoms with Gasteiger partial charge in [0.15, 0.2) is 6.29 Å². The Kier molecular flexibility index (Phi) is 4.24. The highest BCUT2D eigenvalue weighted by Gasteiger charge is 2.44. The first-order valence-electron chi connectivity index (χ1n) is 4.33. The Morgan fingerprint density at radius 1 is 1.14 bits per heavy atom. The van der Waals surface area contributed by atoms with E-state index < -0.39 is 30.7 Å². The first kappa shape index (κ1) is 11.8. The zero-order valence-corrected chi connectivity index (χ0v) is 8.16. The fourth-order valence-corrected chi connectivity index (χ4v) is 1.58. The topological polar surface area (TPSA) is 88.4 Å². The molecule has 0 bridgehead atoms. The van der Waals surface area contributed by atoms with E-state index in [-0.39, 0.29) is 6.61 Å². The molecule has 1 rings (SSSR count). The van der Waals surface area contributed by atoms with Crippen LogP contribution in [0.1, 0.15) is 0 Å². The van der Waals surface area contributed by atoms with Gasteiger partial charge in [-0.3, -0.25) is 0 Å². The van der Waals surface area contributed by atoms with Gasteiger partial charge in [0, 0.05) is 14.2 Å². The second-order valence-corrected chi connectivity index (χ2v) is 3.14. The van der Waals surface area contributed by atoms with Gasteiger partial charge in [0.1, 0.15) is 24.4 Å². The summed E-state index contributed by atoms with van der Waals surface area (Å²) in [6.45, 7) is -0.380. The zero-order valence-electron chi connectivity index (χ0n) is 8.16. The van der Waals surface area contributed by atoms with E-state index in [9.17, 15) is 10.2 Å². The van der Waals surface area contributed by atoms with Crippen molar-refractivity contribution >= 4 is 0 Å². The van der Waals surface area contributed by atoms with Gasteiger partial charge < -0.3 is 29.5 Å². The summed E-state index contributed by atoms with van der Waals surface area (Å²) in [5, 5.41) is 27.9. The minimum Gasteiger partial charge on any atom is -0.394 e. The highest BCUT2D eigenvalue weighted by molar-refractivity contribution is 4.90. The Morgan fingerprint density at radius 2 is 1.71 bits per heavy atom. The molecule has 0 radical (unpaired) electrons. The molecule has 0 aromatic carbocycles. The van der Waals surface area contributed by atoms with Crippen LogP contribution in [0.3, 0.4) is 0 Å². The van der Waals surface area contributed by atoms with Crippen molar-refractivity contribution in [2.75, 3.05) is 20.8 Å². The van der Waals surface area contributed by atoms with Gasteiger partial charge in [-0.2, -0.15) is 0 Å². The molecule has 6 nitrogen and oxygen atoms in total. The molecule has 0 aromatic rings. The normalized spacial score (nSPS) is 43.9. The van der Waals surface area contributed by atoms with Gasteiger partial charge in [0.25, 0.3) is 0 Å². The summed E-state index contributed by atoms with van der Waals surface area (Å²) in [6.07, 6.45) is -4.52. The number of hydrogen-bond acceptors (Lipinski definition) is 6. The van der Waals surface area contributed by atoms with Gasteiger partial charge in [-0.05, 0) is 0 Å².